The summed E-state index contributed by atoms with van der Waals surface area (Å²) in [5.41, 5.74) is 0.0655. The van der Waals surface area contributed by atoms with Crippen LogP contribution in [0.3, 0.4) is 0 Å². The van der Waals surface area contributed by atoms with Crippen LogP contribution in [0, 0.1) is 10.8 Å². The average Bonchev–Trinajstić information content (AvgIpc) is 3.13. The zero-order valence-electron chi connectivity index (χ0n) is 23.2. The number of nitrogens with one attached hydrogen (secondary N) is 1. The first-order chi connectivity index (χ1) is 15.5. The summed E-state index contributed by atoms with van der Waals surface area (Å²) >= 11 is 0. The van der Waals surface area contributed by atoms with E-state index < -0.39 is 23.0 Å². The van der Waals surface area contributed by atoms with Crippen LogP contribution in [0.25, 0.3) is 0 Å². The summed E-state index contributed by atoms with van der Waals surface area (Å²) in [6, 6.07) is 0. The van der Waals surface area contributed by atoms with Crippen molar-refractivity contribution >= 4 is 6.09 Å². The largest absolute Gasteiger partial charge is 0.444 e. The first-order valence-electron chi connectivity index (χ1n) is 12.7. The lowest BCUT2D eigenvalue weighted by Crippen LogP contribution is -2.61. The fraction of sp³-hybridized carbons (Fsp3) is 0.885. The van der Waals surface area contributed by atoms with Gasteiger partial charge in [0.1, 0.15) is 5.60 Å². The van der Waals surface area contributed by atoms with E-state index in [1.165, 1.54) is 12.8 Å². The number of hydrogen-bond acceptors (Lipinski definition) is 6. The highest BCUT2D eigenvalue weighted by atomic mass is 16.7. The molecular formula is C26H48N4O4. The summed E-state index contributed by atoms with van der Waals surface area (Å²) in [7, 11) is 0. The van der Waals surface area contributed by atoms with E-state index in [4.69, 9.17) is 14.2 Å². The van der Waals surface area contributed by atoms with Gasteiger partial charge in [0, 0.05) is 12.7 Å². The number of ether oxygens (including phenoxy) is 3. The summed E-state index contributed by atoms with van der Waals surface area (Å²) in [5, 5.41) is 11.8. The van der Waals surface area contributed by atoms with Crippen LogP contribution in [0.15, 0.2) is 6.20 Å². The number of hydrogen-bond donors (Lipinski definition) is 1. The van der Waals surface area contributed by atoms with Gasteiger partial charge in [0.05, 0.1) is 24.4 Å². The van der Waals surface area contributed by atoms with E-state index in [0.29, 0.717) is 31.5 Å². The monoisotopic (exact) mass is 480 g/mol. The molecule has 1 aliphatic rings. The molecule has 0 saturated carbocycles. The van der Waals surface area contributed by atoms with Crippen molar-refractivity contribution in [1.29, 1.82) is 0 Å². The molecule has 8 nitrogen and oxygen atoms in total. The first kappa shape index (κ1) is 28.6. The third-order valence-corrected chi connectivity index (χ3v) is 6.81. The van der Waals surface area contributed by atoms with E-state index in [-0.39, 0.29) is 5.41 Å². The maximum absolute atomic E-state index is 12.6. The van der Waals surface area contributed by atoms with Crippen molar-refractivity contribution in [1.82, 2.24) is 20.3 Å². The molecule has 2 rings (SSSR count). The number of alkyl carbamates (subject to hydrolysis) is 1. The summed E-state index contributed by atoms with van der Waals surface area (Å²) < 4.78 is 19.3. The second-order valence-electron chi connectivity index (χ2n) is 12.7. The van der Waals surface area contributed by atoms with Gasteiger partial charge in [-0.2, -0.15) is 0 Å². The van der Waals surface area contributed by atoms with Gasteiger partial charge in [-0.15, -0.1) is 5.10 Å². The van der Waals surface area contributed by atoms with Crippen molar-refractivity contribution in [2.45, 2.75) is 125 Å². The van der Waals surface area contributed by atoms with Crippen LogP contribution in [0.5, 0.6) is 0 Å². The molecule has 1 aliphatic heterocycles. The predicted molar refractivity (Wildman–Crippen MR) is 134 cm³/mol. The predicted octanol–water partition coefficient (Wildman–Crippen LogP) is 5.50. The number of carbonyl (C=O) groups is 1. The molecule has 1 amide bonds. The van der Waals surface area contributed by atoms with Crippen molar-refractivity contribution in [2.24, 2.45) is 10.8 Å². The molecule has 0 radical (unpaired) electrons. The number of aromatic nitrogens is 3. The summed E-state index contributed by atoms with van der Waals surface area (Å²) in [6.07, 6.45) is 6.27. The standard InChI is InChI=1S/C26H48N4O4/c1-11-25(10,12-2)16-23(6,7)17-30-15-20(28-29-30)13-14-26(18-32-24(8,9)33-19-26)27-21(31)34-22(3,4)5/h15H,11-14,16-19H2,1-10H3,(H,27,31). The fourth-order valence-electron chi connectivity index (χ4n) is 4.55. The first-order valence-corrected chi connectivity index (χ1v) is 12.7. The second-order valence-corrected chi connectivity index (χ2v) is 12.7. The smallest absolute Gasteiger partial charge is 0.408 e. The van der Waals surface area contributed by atoms with Crippen molar-refractivity contribution in [3.8, 4) is 0 Å². The Balaban J connectivity index is 2.05. The molecule has 1 fully saturated rings. The number of rotatable bonds is 10. The topological polar surface area (TPSA) is 87.5 Å². The summed E-state index contributed by atoms with van der Waals surface area (Å²) in [6.45, 7) is 22.3. The highest BCUT2D eigenvalue weighted by Gasteiger charge is 2.42. The van der Waals surface area contributed by atoms with Crippen LogP contribution in [0.1, 0.15) is 101 Å². The third kappa shape index (κ3) is 8.84. The zero-order chi connectivity index (χ0) is 25.8. The van der Waals surface area contributed by atoms with Crippen molar-refractivity contribution in [3.05, 3.63) is 11.9 Å². The minimum Gasteiger partial charge on any atom is -0.444 e. The van der Waals surface area contributed by atoms with Gasteiger partial charge in [0.15, 0.2) is 5.79 Å². The summed E-state index contributed by atoms with van der Waals surface area (Å²) in [4.78, 5) is 12.6. The molecule has 1 aromatic rings. The highest BCUT2D eigenvalue weighted by molar-refractivity contribution is 5.69. The van der Waals surface area contributed by atoms with Gasteiger partial charge in [-0.05, 0) is 64.7 Å². The minimum absolute atomic E-state index is 0.113. The minimum atomic E-state index is -0.690. The SMILES string of the molecule is CCC(C)(CC)CC(C)(C)Cn1cc(CCC2(NC(=O)OC(C)(C)C)COC(C)(C)OC2)nn1. The molecule has 0 unspecified atom stereocenters. The molecule has 0 spiro atoms. The van der Waals surface area contributed by atoms with E-state index in [9.17, 15) is 4.79 Å². The molecule has 1 saturated heterocycles. The molecule has 0 aromatic carbocycles. The Bertz CT molecular complexity index is 796. The Morgan fingerprint density at radius 2 is 1.71 bits per heavy atom. The fourth-order valence-corrected chi connectivity index (χ4v) is 4.55. The Labute approximate surface area is 206 Å². The normalized spacial score (nSPS) is 18.5. The lowest BCUT2D eigenvalue weighted by atomic mass is 9.71. The van der Waals surface area contributed by atoms with Crippen LogP contribution in [0.4, 0.5) is 4.79 Å². The van der Waals surface area contributed by atoms with Crippen molar-refractivity contribution in [2.75, 3.05) is 13.2 Å². The van der Waals surface area contributed by atoms with Crippen LogP contribution < -0.4 is 5.32 Å². The number of carbonyl (C=O) groups excluding carboxylic acids is 1. The Kier molecular flexibility index (Phi) is 8.84. The maximum Gasteiger partial charge on any atom is 0.408 e. The molecule has 0 bridgehead atoms. The van der Waals surface area contributed by atoms with Gasteiger partial charge in [-0.25, -0.2) is 4.79 Å². The van der Waals surface area contributed by atoms with E-state index in [1.807, 2.05) is 45.5 Å². The Hall–Kier alpha value is -1.67. The van der Waals surface area contributed by atoms with Gasteiger partial charge >= 0.3 is 6.09 Å². The average molecular weight is 481 g/mol. The van der Waals surface area contributed by atoms with E-state index >= 15 is 0 Å². The zero-order valence-corrected chi connectivity index (χ0v) is 23.2. The lowest BCUT2D eigenvalue weighted by molar-refractivity contribution is -0.271. The lowest BCUT2D eigenvalue weighted by Gasteiger charge is -2.43. The number of aryl methyl sites for hydroxylation is 1. The third-order valence-electron chi connectivity index (χ3n) is 6.81. The van der Waals surface area contributed by atoms with Gasteiger partial charge in [0.2, 0.25) is 0 Å². The highest BCUT2D eigenvalue weighted by Crippen LogP contribution is 2.39. The van der Waals surface area contributed by atoms with Crippen LogP contribution in [-0.4, -0.2) is 51.2 Å². The maximum atomic E-state index is 12.6. The van der Waals surface area contributed by atoms with Crippen LogP contribution >= 0.6 is 0 Å². The van der Waals surface area contributed by atoms with Gasteiger partial charge in [-0.1, -0.05) is 52.7 Å². The van der Waals surface area contributed by atoms with Crippen molar-refractivity contribution < 1.29 is 19.0 Å². The van der Waals surface area contributed by atoms with Gasteiger partial charge < -0.3 is 19.5 Å². The molecule has 1 aromatic heterocycles. The van der Waals surface area contributed by atoms with E-state index in [1.54, 1.807) is 0 Å². The second kappa shape index (κ2) is 10.5. The van der Waals surface area contributed by atoms with Crippen LogP contribution in [-0.2, 0) is 27.2 Å². The quantitative estimate of drug-likeness (QED) is 0.476. The Morgan fingerprint density at radius 1 is 1.12 bits per heavy atom. The summed E-state index contributed by atoms with van der Waals surface area (Å²) in [5.74, 6) is -0.681. The molecule has 1 N–H and O–H groups in total. The molecule has 0 atom stereocenters. The van der Waals surface area contributed by atoms with Crippen molar-refractivity contribution in [3.63, 3.8) is 0 Å². The molecular weight excluding hydrogens is 432 g/mol. The van der Waals surface area contributed by atoms with Gasteiger partial charge in [-0.3, -0.25) is 4.68 Å². The molecule has 0 aliphatic carbocycles. The van der Waals surface area contributed by atoms with Gasteiger partial charge in [0.25, 0.3) is 0 Å². The number of nitrogens with zero attached hydrogens (tertiary/aromatic N) is 3. The molecule has 34 heavy (non-hydrogen) atoms. The van der Waals surface area contributed by atoms with E-state index in [2.05, 4.69) is 50.2 Å². The number of amides is 1. The van der Waals surface area contributed by atoms with E-state index in [0.717, 1.165) is 18.7 Å². The molecule has 8 heteroatoms. The Morgan fingerprint density at radius 3 is 2.24 bits per heavy atom. The molecule has 196 valence electrons. The molecule has 2 heterocycles. The van der Waals surface area contributed by atoms with Crippen LogP contribution in [0.2, 0.25) is 0 Å².